The molecule has 100 valence electrons. The predicted octanol–water partition coefficient (Wildman–Crippen LogP) is 3.51. The lowest BCUT2D eigenvalue weighted by Gasteiger charge is -2.19. The fraction of sp³-hybridized carbons (Fsp3) is 0.200. The van der Waals surface area contributed by atoms with Gasteiger partial charge in [-0.2, -0.15) is 0 Å². The largest absolute Gasteiger partial charge is 0.496 e. The zero-order valence-corrected chi connectivity index (χ0v) is 12.5. The molecule has 0 amide bonds. The highest BCUT2D eigenvalue weighted by Crippen LogP contribution is 2.36. The van der Waals surface area contributed by atoms with E-state index in [4.69, 9.17) is 15.2 Å². The number of halogens is 1. The van der Waals surface area contributed by atoms with Gasteiger partial charge in [0.1, 0.15) is 11.5 Å². The molecule has 0 saturated carbocycles. The summed E-state index contributed by atoms with van der Waals surface area (Å²) >= 11 is 3.46. The number of hydrogen-bond acceptors (Lipinski definition) is 3. The van der Waals surface area contributed by atoms with E-state index in [1.54, 1.807) is 14.2 Å². The first kappa shape index (κ1) is 13.9. The van der Waals surface area contributed by atoms with Gasteiger partial charge in [0.25, 0.3) is 0 Å². The minimum Gasteiger partial charge on any atom is -0.496 e. The van der Waals surface area contributed by atoms with Crippen LogP contribution in [0.1, 0.15) is 17.2 Å². The molecule has 2 rings (SSSR count). The van der Waals surface area contributed by atoms with Gasteiger partial charge in [0.15, 0.2) is 0 Å². The number of methoxy groups -OCH3 is 2. The molecule has 19 heavy (non-hydrogen) atoms. The number of ether oxygens (including phenoxy) is 2. The highest BCUT2D eigenvalue weighted by atomic mass is 79.9. The first-order chi connectivity index (χ1) is 9.17. The fourth-order valence-corrected chi connectivity index (χ4v) is 2.47. The van der Waals surface area contributed by atoms with Gasteiger partial charge in [-0.05, 0) is 29.8 Å². The van der Waals surface area contributed by atoms with Crippen molar-refractivity contribution in [1.29, 1.82) is 0 Å². The molecular weight excluding hydrogens is 306 g/mol. The molecule has 0 fully saturated rings. The first-order valence-electron chi connectivity index (χ1n) is 5.89. The van der Waals surface area contributed by atoms with Crippen molar-refractivity contribution in [3.05, 3.63) is 58.1 Å². The van der Waals surface area contributed by atoms with Crippen LogP contribution >= 0.6 is 15.9 Å². The topological polar surface area (TPSA) is 44.5 Å². The van der Waals surface area contributed by atoms with Gasteiger partial charge in [0, 0.05) is 4.47 Å². The standard InChI is InChI=1S/C15H16BrNO2/c1-18-12-7-4-8-13(19-2)14(12)15(17)10-5-3-6-11(16)9-10/h3-9,15H,17H2,1-2H3. The van der Waals surface area contributed by atoms with Crippen LogP contribution in [0.5, 0.6) is 11.5 Å². The van der Waals surface area contributed by atoms with E-state index in [0.717, 1.165) is 27.1 Å². The summed E-state index contributed by atoms with van der Waals surface area (Å²) in [6.07, 6.45) is 0. The minimum atomic E-state index is -0.302. The summed E-state index contributed by atoms with van der Waals surface area (Å²) in [5, 5.41) is 0. The SMILES string of the molecule is COc1cccc(OC)c1C(N)c1cccc(Br)c1. The summed E-state index contributed by atoms with van der Waals surface area (Å²) < 4.78 is 11.8. The van der Waals surface area contributed by atoms with Gasteiger partial charge in [0.2, 0.25) is 0 Å². The van der Waals surface area contributed by atoms with E-state index in [1.165, 1.54) is 0 Å². The van der Waals surface area contributed by atoms with Gasteiger partial charge in [-0.15, -0.1) is 0 Å². The third-order valence-corrected chi connectivity index (χ3v) is 3.48. The Morgan fingerprint density at radius 3 is 2.11 bits per heavy atom. The molecule has 0 aliphatic carbocycles. The maximum Gasteiger partial charge on any atom is 0.127 e. The van der Waals surface area contributed by atoms with Crippen molar-refractivity contribution in [3.8, 4) is 11.5 Å². The van der Waals surface area contributed by atoms with E-state index in [9.17, 15) is 0 Å². The van der Waals surface area contributed by atoms with Gasteiger partial charge >= 0.3 is 0 Å². The zero-order valence-electron chi connectivity index (χ0n) is 10.9. The molecule has 1 atom stereocenters. The Labute approximate surface area is 121 Å². The van der Waals surface area contributed by atoms with Crippen LogP contribution in [-0.4, -0.2) is 14.2 Å². The minimum absolute atomic E-state index is 0.302. The van der Waals surface area contributed by atoms with Crippen molar-refractivity contribution in [2.45, 2.75) is 6.04 Å². The van der Waals surface area contributed by atoms with E-state index in [1.807, 2.05) is 42.5 Å². The van der Waals surface area contributed by atoms with Gasteiger partial charge in [0.05, 0.1) is 25.8 Å². The van der Waals surface area contributed by atoms with Crippen molar-refractivity contribution in [3.63, 3.8) is 0 Å². The van der Waals surface area contributed by atoms with Crippen molar-refractivity contribution in [2.75, 3.05) is 14.2 Å². The van der Waals surface area contributed by atoms with Gasteiger partial charge < -0.3 is 15.2 Å². The van der Waals surface area contributed by atoms with Crippen molar-refractivity contribution < 1.29 is 9.47 Å². The number of rotatable bonds is 4. The summed E-state index contributed by atoms with van der Waals surface area (Å²) in [5.74, 6) is 1.46. The maximum absolute atomic E-state index is 6.36. The summed E-state index contributed by atoms with van der Waals surface area (Å²) in [7, 11) is 3.26. The summed E-state index contributed by atoms with van der Waals surface area (Å²) in [6, 6.07) is 13.3. The highest BCUT2D eigenvalue weighted by molar-refractivity contribution is 9.10. The smallest absolute Gasteiger partial charge is 0.127 e. The van der Waals surface area contributed by atoms with Crippen LogP contribution in [0.3, 0.4) is 0 Å². The third kappa shape index (κ3) is 2.91. The fourth-order valence-electron chi connectivity index (χ4n) is 2.05. The van der Waals surface area contributed by atoms with Crippen LogP contribution in [0.25, 0.3) is 0 Å². The Kier molecular flexibility index (Phi) is 4.45. The Hall–Kier alpha value is -1.52. The number of hydrogen-bond donors (Lipinski definition) is 1. The molecule has 0 saturated heterocycles. The Morgan fingerprint density at radius 2 is 1.58 bits per heavy atom. The molecule has 0 spiro atoms. The predicted molar refractivity (Wildman–Crippen MR) is 79.7 cm³/mol. The molecule has 3 nitrogen and oxygen atoms in total. The van der Waals surface area contributed by atoms with E-state index >= 15 is 0 Å². The molecule has 0 bridgehead atoms. The molecule has 1 unspecified atom stereocenters. The van der Waals surface area contributed by atoms with Crippen LogP contribution in [0.15, 0.2) is 46.9 Å². The number of benzene rings is 2. The highest BCUT2D eigenvalue weighted by Gasteiger charge is 2.19. The van der Waals surface area contributed by atoms with Crippen LogP contribution in [-0.2, 0) is 0 Å². The van der Waals surface area contributed by atoms with E-state index < -0.39 is 0 Å². The van der Waals surface area contributed by atoms with Gasteiger partial charge in [-0.3, -0.25) is 0 Å². The second kappa shape index (κ2) is 6.08. The van der Waals surface area contributed by atoms with Crippen LogP contribution < -0.4 is 15.2 Å². The van der Waals surface area contributed by atoms with E-state index in [-0.39, 0.29) is 6.04 Å². The van der Waals surface area contributed by atoms with Crippen molar-refractivity contribution in [1.82, 2.24) is 0 Å². The molecular formula is C15H16BrNO2. The van der Waals surface area contributed by atoms with Gasteiger partial charge in [-0.1, -0.05) is 34.1 Å². The molecule has 0 aromatic heterocycles. The van der Waals surface area contributed by atoms with Crippen molar-refractivity contribution in [2.24, 2.45) is 5.73 Å². The van der Waals surface area contributed by atoms with E-state index in [2.05, 4.69) is 15.9 Å². The normalized spacial score (nSPS) is 12.0. The first-order valence-corrected chi connectivity index (χ1v) is 6.68. The summed E-state index contributed by atoms with van der Waals surface area (Å²) in [5.41, 5.74) is 8.21. The maximum atomic E-state index is 6.36. The summed E-state index contributed by atoms with van der Waals surface area (Å²) in [4.78, 5) is 0. The molecule has 4 heteroatoms. The molecule has 0 aliphatic rings. The van der Waals surface area contributed by atoms with Crippen molar-refractivity contribution >= 4 is 15.9 Å². The molecule has 2 N–H and O–H groups in total. The zero-order chi connectivity index (χ0) is 13.8. The number of nitrogens with two attached hydrogens (primary N) is 1. The van der Waals surface area contributed by atoms with Crippen LogP contribution in [0.4, 0.5) is 0 Å². The quantitative estimate of drug-likeness (QED) is 0.937. The third-order valence-electron chi connectivity index (χ3n) is 2.98. The lowest BCUT2D eigenvalue weighted by Crippen LogP contribution is -2.14. The monoisotopic (exact) mass is 321 g/mol. The van der Waals surface area contributed by atoms with Crippen LogP contribution in [0, 0.1) is 0 Å². The lowest BCUT2D eigenvalue weighted by atomic mass is 9.98. The Bertz CT molecular complexity index is 550. The van der Waals surface area contributed by atoms with Crippen LogP contribution in [0.2, 0.25) is 0 Å². The second-order valence-electron chi connectivity index (χ2n) is 4.11. The average Bonchev–Trinajstić information content (AvgIpc) is 2.45. The molecule has 0 heterocycles. The second-order valence-corrected chi connectivity index (χ2v) is 5.02. The van der Waals surface area contributed by atoms with E-state index in [0.29, 0.717) is 0 Å². The summed E-state index contributed by atoms with van der Waals surface area (Å²) in [6.45, 7) is 0. The molecule has 0 aliphatic heterocycles. The lowest BCUT2D eigenvalue weighted by molar-refractivity contribution is 0.382. The molecule has 2 aromatic carbocycles. The average molecular weight is 322 g/mol. The molecule has 2 aromatic rings. The Morgan fingerprint density at radius 1 is 1.00 bits per heavy atom. The van der Waals surface area contributed by atoms with Gasteiger partial charge in [-0.25, -0.2) is 0 Å². The Balaban J connectivity index is 2.51. The molecule has 0 radical (unpaired) electrons.